The molecular weight excluding hydrogens is 428 g/mol. The molecule has 2 aromatic carbocycles. The number of Topliss-reactive ketones (excluding diaryl/α,β-unsaturated/α-hetero) is 1. The normalized spacial score (nSPS) is 14.6. The second kappa shape index (κ2) is 6.37. The van der Waals surface area contributed by atoms with Crippen LogP contribution in [0.1, 0.15) is 15.9 Å². The van der Waals surface area contributed by atoms with Crippen LogP contribution in [-0.4, -0.2) is 20.0 Å². The van der Waals surface area contributed by atoms with Crippen molar-refractivity contribution < 1.29 is 19.0 Å². The number of ketones is 1. The summed E-state index contributed by atoms with van der Waals surface area (Å²) in [6.45, 7) is 0. The number of fused-ring (bicyclic) bond motifs is 1. The maximum atomic E-state index is 12.7. The van der Waals surface area contributed by atoms with Crippen molar-refractivity contribution in [2.24, 2.45) is 0 Å². The number of hydrogen-bond donors (Lipinski definition) is 0. The molecule has 3 rings (SSSR count). The Morgan fingerprint density at radius 3 is 2.26 bits per heavy atom. The summed E-state index contributed by atoms with van der Waals surface area (Å²) >= 11 is 6.85. The van der Waals surface area contributed by atoms with Crippen LogP contribution in [0.2, 0.25) is 0 Å². The second-order valence-corrected chi connectivity index (χ2v) is 6.34. The van der Waals surface area contributed by atoms with Gasteiger partial charge in [0.2, 0.25) is 5.78 Å². The predicted molar refractivity (Wildman–Crippen MR) is 94.3 cm³/mol. The highest BCUT2D eigenvalue weighted by Gasteiger charge is 2.37. The topological polar surface area (TPSA) is 44.8 Å². The second-order valence-electron chi connectivity index (χ2n) is 4.75. The van der Waals surface area contributed by atoms with Gasteiger partial charge in [-0.2, -0.15) is 0 Å². The average molecular weight is 440 g/mol. The monoisotopic (exact) mass is 438 g/mol. The van der Waals surface area contributed by atoms with E-state index in [9.17, 15) is 4.79 Å². The molecule has 118 valence electrons. The van der Waals surface area contributed by atoms with Gasteiger partial charge in [-0.15, -0.1) is 0 Å². The molecule has 0 atom stereocenters. The molecule has 0 N–H and O–H groups in total. The lowest BCUT2D eigenvalue weighted by atomic mass is 10.1. The first kappa shape index (κ1) is 16.1. The van der Waals surface area contributed by atoms with Crippen molar-refractivity contribution in [1.82, 2.24) is 0 Å². The molecule has 0 unspecified atom stereocenters. The van der Waals surface area contributed by atoms with Gasteiger partial charge in [-0.25, -0.2) is 0 Å². The maximum absolute atomic E-state index is 12.7. The summed E-state index contributed by atoms with van der Waals surface area (Å²) < 4.78 is 17.6. The Bertz CT molecular complexity index is 813. The minimum Gasteiger partial charge on any atom is -0.494 e. The zero-order valence-electron chi connectivity index (χ0n) is 12.4. The van der Waals surface area contributed by atoms with Crippen molar-refractivity contribution >= 4 is 43.7 Å². The minimum atomic E-state index is -0.232. The fraction of sp³-hybridized carbons (Fsp3) is 0.118. The predicted octanol–water partition coefficient (Wildman–Crippen LogP) is 4.85. The summed E-state index contributed by atoms with van der Waals surface area (Å²) in [6, 6.07) is 9.50. The Hall–Kier alpha value is -1.79. The molecule has 0 fully saturated rings. The van der Waals surface area contributed by atoms with E-state index in [1.807, 2.05) is 30.3 Å². The fourth-order valence-electron chi connectivity index (χ4n) is 2.37. The first-order valence-electron chi connectivity index (χ1n) is 6.70. The lowest BCUT2D eigenvalue weighted by Crippen LogP contribution is -2.01. The number of benzene rings is 2. The molecular formula is C17H12Br2O4. The van der Waals surface area contributed by atoms with Crippen LogP contribution in [0.15, 0.2) is 45.0 Å². The van der Waals surface area contributed by atoms with Gasteiger partial charge in [0.1, 0.15) is 14.5 Å². The Morgan fingerprint density at radius 1 is 1.00 bits per heavy atom. The molecule has 0 spiro atoms. The number of allylic oxidation sites excluding steroid dienone is 1. The Labute approximate surface area is 150 Å². The molecule has 0 saturated heterocycles. The summed E-state index contributed by atoms with van der Waals surface area (Å²) in [7, 11) is 3.04. The summed E-state index contributed by atoms with van der Waals surface area (Å²) in [5, 5.41) is 0. The zero-order valence-corrected chi connectivity index (χ0v) is 15.5. The van der Waals surface area contributed by atoms with Crippen LogP contribution in [0.25, 0.3) is 6.08 Å². The van der Waals surface area contributed by atoms with Crippen LogP contribution in [0.3, 0.4) is 0 Å². The number of ether oxygens (including phenoxy) is 3. The largest absolute Gasteiger partial charge is 0.494 e. The molecule has 0 aromatic heterocycles. The SMILES string of the molecule is COc1c(Br)c(OC)c2c(c1Br)O/C(=C\c1ccccc1)C2=O. The van der Waals surface area contributed by atoms with Gasteiger partial charge in [0, 0.05) is 0 Å². The summed E-state index contributed by atoms with van der Waals surface area (Å²) in [4.78, 5) is 12.7. The number of halogens is 2. The van der Waals surface area contributed by atoms with Crippen LogP contribution < -0.4 is 14.2 Å². The number of methoxy groups -OCH3 is 2. The van der Waals surface area contributed by atoms with Crippen LogP contribution >= 0.6 is 31.9 Å². The third kappa shape index (κ3) is 2.66. The number of rotatable bonds is 3. The molecule has 1 heterocycles. The van der Waals surface area contributed by atoms with E-state index >= 15 is 0 Å². The van der Waals surface area contributed by atoms with Gasteiger partial charge in [0.25, 0.3) is 0 Å². The summed E-state index contributed by atoms with van der Waals surface area (Å²) in [5.74, 6) is 1.31. The van der Waals surface area contributed by atoms with E-state index in [0.717, 1.165) is 5.56 Å². The van der Waals surface area contributed by atoms with Crippen molar-refractivity contribution in [2.45, 2.75) is 0 Å². The molecule has 1 aliphatic rings. The average Bonchev–Trinajstić information content (AvgIpc) is 2.87. The molecule has 2 aromatic rings. The lowest BCUT2D eigenvalue weighted by Gasteiger charge is -2.13. The van der Waals surface area contributed by atoms with Gasteiger partial charge in [0.05, 0.1) is 14.2 Å². The molecule has 4 nitrogen and oxygen atoms in total. The highest BCUT2D eigenvalue weighted by molar-refractivity contribution is 9.11. The van der Waals surface area contributed by atoms with Gasteiger partial charge < -0.3 is 14.2 Å². The standard InChI is InChI=1S/C17H12Br2O4/c1-21-15-11-14(20)10(8-9-6-4-3-5-7-9)23-16(11)13(19)17(22-2)12(15)18/h3-8H,1-2H3/b10-8-. The van der Waals surface area contributed by atoms with Crippen molar-refractivity contribution in [3.8, 4) is 17.2 Å². The van der Waals surface area contributed by atoms with E-state index < -0.39 is 0 Å². The quantitative estimate of drug-likeness (QED) is 0.641. The number of hydrogen-bond acceptors (Lipinski definition) is 4. The summed E-state index contributed by atoms with van der Waals surface area (Å²) in [5.41, 5.74) is 1.25. The van der Waals surface area contributed by atoms with Gasteiger partial charge in [-0.05, 0) is 43.5 Å². The number of carbonyl (C=O) groups excluding carboxylic acids is 1. The van der Waals surface area contributed by atoms with Gasteiger partial charge in [-0.3, -0.25) is 4.79 Å². The van der Waals surface area contributed by atoms with E-state index in [4.69, 9.17) is 14.2 Å². The molecule has 0 saturated carbocycles. The maximum Gasteiger partial charge on any atom is 0.235 e. The molecule has 0 radical (unpaired) electrons. The van der Waals surface area contributed by atoms with Crippen LogP contribution in [0.4, 0.5) is 0 Å². The van der Waals surface area contributed by atoms with E-state index in [1.165, 1.54) is 14.2 Å². The smallest absolute Gasteiger partial charge is 0.235 e. The van der Waals surface area contributed by atoms with Gasteiger partial charge >= 0.3 is 0 Å². The van der Waals surface area contributed by atoms with Crippen molar-refractivity contribution in [1.29, 1.82) is 0 Å². The molecule has 1 aliphatic heterocycles. The summed E-state index contributed by atoms with van der Waals surface area (Å²) in [6.07, 6.45) is 1.70. The molecule has 0 bridgehead atoms. The highest BCUT2D eigenvalue weighted by Crippen LogP contribution is 2.53. The van der Waals surface area contributed by atoms with Crippen molar-refractivity contribution in [3.63, 3.8) is 0 Å². The fourth-order valence-corrected chi connectivity index (χ4v) is 4.00. The molecule has 6 heteroatoms. The highest BCUT2D eigenvalue weighted by atomic mass is 79.9. The molecule has 0 amide bonds. The van der Waals surface area contributed by atoms with Gasteiger partial charge in [0.15, 0.2) is 23.0 Å². The Kier molecular flexibility index (Phi) is 4.46. The molecule has 0 aliphatic carbocycles. The third-order valence-electron chi connectivity index (χ3n) is 3.42. The van der Waals surface area contributed by atoms with Crippen LogP contribution in [0.5, 0.6) is 17.2 Å². The van der Waals surface area contributed by atoms with E-state index in [0.29, 0.717) is 31.8 Å². The third-order valence-corrected chi connectivity index (χ3v) is 4.86. The molecule has 23 heavy (non-hydrogen) atoms. The minimum absolute atomic E-state index is 0.232. The van der Waals surface area contributed by atoms with E-state index in [-0.39, 0.29) is 11.5 Å². The van der Waals surface area contributed by atoms with Gasteiger partial charge in [-0.1, -0.05) is 30.3 Å². The zero-order chi connectivity index (χ0) is 16.6. The van der Waals surface area contributed by atoms with E-state index in [2.05, 4.69) is 31.9 Å². The number of carbonyl (C=O) groups is 1. The Balaban J connectivity index is 2.16. The van der Waals surface area contributed by atoms with Crippen molar-refractivity contribution in [3.05, 3.63) is 56.2 Å². The van der Waals surface area contributed by atoms with Crippen molar-refractivity contribution in [2.75, 3.05) is 14.2 Å². The van der Waals surface area contributed by atoms with E-state index in [1.54, 1.807) is 6.08 Å². The Morgan fingerprint density at radius 2 is 1.65 bits per heavy atom. The lowest BCUT2D eigenvalue weighted by molar-refractivity contribution is 0.101. The first-order valence-corrected chi connectivity index (χ1v) is 8.29. The van der Waals surface area contributed by atoms with Crippen LogP contribution in [-0.2, 0) is 0 Å². The van der Waals surface area contributed by atoms with Crippen LogP contribution in [0, 0.1) is 0 Å². The first-order chi connectivity index (χ1) is 11.1.